The van der Waals surface area contributed by atoms with E-state index >= 15 is 0 Å². The summed E-state index contributed by atoms with van der Waals surface area (Å²) in [7, 11) is 0. The second-order valence-electron chi connectivity index (χ2n) is 3.83. The lowest BCUT2D eigenvalue weighted by Gasteiger charge is -2.15. The number of halogens is 2. The molecule has 0 bridgehead atoms. The van der Waals surface area contributed by atoms with Crippen molar-refractivity contribution in [3.8, 4) is 0 Å². The summed E-state index contributed by atoms with van der Waals surface area (Å²) < 4.78 is 19.9. The standard InChI is InChI=1S/C9H10FIN2O5/c10-5-6(15)4(2-14)18-8(5)13-1-3(11)7(16)12-9(13)17/h1,4-6,8,14-15H,2H2,(H,12,16,17)/t4-,5+,6?,8-/m0/s1. The van der Waals surface area contributed by atoms with E-state index in [4.69, 9.17) is 9.84 Å². The van der Waals surface area contributed by atoms with Crippen LogP contribution in [0.4, 0.5) is 4.39 Å². The first-order valence-corrected chi connectivity index (χ1v) is 6.13. The van der Waals surface area contributed by atoms with Crippen LogP contribution in [0, 0.1) is 3.57 Å². The Morgan fingerprint density at radius 1 is 1.56 bits per heavy atom. The molecule has 7 nitrogen and oxygen atoms in total. The molecule has 0 aliphatic carbocycles. The predicted molar refractivity (Wildman–Crippen MR) is 65.9 cm³/mol. The van der Waals surface area contributed by atoms with Crippen molar-refractivity contribution in [2.75, 3.05) is 6.61 Å². The minimum absolute atomic E-state index is 0.185. The van der Waals surface area contributed by atoms with Crippen molar-refractivity contribution < 1.29 is 19.3 Å². The Kier molecular flexibility index (Phi) is 3.84. The molecule has 0 amide bonds. The number of ether oxygens (including phenoxy) is 1. The van der Waals surface area contributed by atoms with Crippen LogP contribution in [0.2, 0.25) is 0 Å². The van der Waals surface area contributed by atoms with Gasteiger partial charge in [0.15, 0.2) is 12.4 Å². The fourth-order valence-corrected chi connectivity index (χ4v) is 2.16. The third-order valence-corrected chi connectivity index (χ3v) is 3.44. The molecule has 4 atom stereocenters. The summed E-state index contributed by atoms with van der Waals surface area (Å²) in [5.41, 5.74) is -1.41. The number of aromatic nitrogens is 2. The van der Waals surface area contributed by atoms with Gasteiger partial charge in [-0.1, -0.05) is 0 Å². The average Bonchev–Trinajstić information content (AvgIpc) is 2.61. The highest BCUT2D eigenvalue weighted by Gasteiger charge is 2.45. The zero-order chi connectivity index (χ0) is 13.4. The van der Waals surface area contributed by atoms with Crippen LogP contribution in [-0.2, 0) is 4.74 Å². The first-order valence-electron chi connectivity index (χ1n) is 5.05. The molecule has 0 spiro atoms. The number of aliphatic hydroxyl groups excluding tert-OH is 2. The van der Waals surface area contributed by atoms with Gasteiger partial charge in [-0.3, -0.25) is 14.3 Å². The lowest BCUT2D eigenvalue weighted by molar-refractivity contribution is -0.0492. The Hall–Kier alpha value is -0.780. The number of nitrogens with zero attached hydrogens (tertiary/aromatic N) is 1. The molecule has 1 aliphatic heterocycles. The van der Waals surface area contributed by atoms with Gasteiger partial charge in [0.2, 0.25) is 0 Å². The molecule has 2 heterocycles. The van der Waals surface area contributed by atoms with Gasteiger partial charge in [0.05, 0.1) is 10.2 Å². The molecule has 2 rings (SSSR count). The van der Waals surface area contributed by atoms with E-state index in [1.165, 1.54) is 0 Å². The monoisotopic (exact) mass is 372 g/mol. The lowest BCUT2D eigenvalue weighted by Crippen LogP contribution is -2.37. The van der Waals surface area contributed by atoms with E-state index in [1.54, 1.807) is 22.6 Å². The van der Waals surface area contributed by atoms with Crippen molar-refractivity contribution in [2.24, 2.45) is 0 Å². The van der Waals surface area contributed by atoms with Gasteiger partial charge in [0.1, 0.15) is 12.2 Å². The van der Waals surface area contributed by atoms with E-state index in [0.29, 0.717) is 0 Å². The van der Waals surface area contributed by atoms with Crippen molar-refractivity contribution in [3.05, 3.63) is 30.6 Å². The highest BCUT2D eigenvalue weighted by atomic mass is 127. The molecule has 3 N–H and O–H groups in total. The van der Waals surface area contributed by atoms with Crippen LogP contribution < -0.4 is 11.2 Å². The SMILES string of the molecule is O=c1[nH]c(=O)n([C@H]2O[C@@H](CO)C(O)[C@H]2F)cc1I. The van der Waals surface area contributed by atoms with Crippen LogP contribution in [0.5, 0.6) is 0 Å². The van der Waals surface area contributed by atoms with Gasteiger partial charge in [0, 0.05) is 6.20 Å². The van der Waals surface area contributed by atoms with E-state index in [9.17, 15) is 19.1 Å². The molecule has 9 heteroatoms. The third-order valence-electron chi connectivity index (χ3n) is 2.67. The molecule has 1 aromatic heterocycles. The zero-order valence-corrected chi connectivity index (χ0v) is 11.1. The van der Waals surface area contributed by atoms with Gasteiger partial charge in [0.25, 0.3) is 5.56 Å². The molecule has 1 saturated heterocycles. The second-order valence-corrected chi connectivity index (χ2v) is 4.99. The minimum Gasteiger partial charge on any atom is -0.394 e. The number of nitrogens with one attached hydrogen (secondary N) is 1. The largest absolute Gasteiger partial charge is 0.394 e. The first kappa shape index (κ1) is 13.6. The van der Waals surface area contributed by atoms with Gasteiger partial charge in [-0.2, -0.15) is 0 Å². The van der Waals surface area contributed by atoms with Gasteiger partial charge in [-0.05, 0) is 22.6 Å². The van der Waals surface area contributed by atoms with Crippen molar-refractivity contribution in [2.45, 2.75) is 24.6 Å². The number of hydrogen-bond acceptors (Lipinski definition) is 5. The molecular weight excluding hydrogens is 362 g/mol. The van der Waals surface area contributed by atoms with Crippen LogP contribution >= 0.6 is 22.6 Å². The third kappa shape index (κ3) is 2.22. The van der Waals surface area contributed by atoms with Crippen molar-refractivity contribution in [1.29, 1.82) is 0 Å². The molecule has 1 unspecified atom stereocenters. The fourth-order valence-electron chi connectivity index (χ4n) is 1.73. The number of aliphatic hydroxyl groups is 2. The van der Waals surface area contributed by atoms with Crippen LogP contribution in [-0.4, -0.2) is 44.8 Å². The van der Waals surface area contributed by atoms with Crippen LogP contribution in [0.15, 0.2) is 15.8 Å². The summed E-state index contributed by atoms with van der Waals surface area (Å²) in [6, 6.07) is 0. The average molecular weight is 372 g/mol. The summed E-state index contributed by atoms with van der Waals surface area (Å²) in [6.07, 6.45) is -4.69. The zero-order valence-electron chi connectivity index (χ0n) is 8.92. The topological polar surface area (TPSA) is 105 Å². The molecule has 1 fully saturated rings. The summed E-state index contributed by atoms with van der Waals surface area (Å²) >= 11 is 1.69. The number of hydrogen-bond donors (Lipinski definition) is 3. The Morgan fingerprint density at radius 2 is 2.22 bits per heavy atom. The smallest absolute Gasteiger partial charge is 0.330 e. The van der Waals surface area contributed by atoms with Crippen molar-refractivity contribution in [3.63, 3.8) is 0 Å². The van der Waals surface area contributed by atoms with Gasteiger partial charge in [-0.15, -0.1) is 0 Å². The number of H-pyrrole nitrogens is 1. The first-order chi connectivity index (χ1) is 8.45. The molecule has 18 heavy (non-hydrogen) atoms. The van der Waals surface area contributed by atoms with E-state index < -0.39 is 42.5 Å². The van der Waals surface area contributed by atoms with Crippen molar-refractivity contribution in [1.82, 2.24) is 9.55 Å². The second kappa shape index (κ2) is 5.07. The number of rotatable bonds is 2. The number of alkyl halides is 1. The Labute approximate surface area is 113 Å². The molecule has 100 valence electrons. The van der Waals surface area contributed by atoms with Crippen LogP contribution in [0.1, 0.15) is 6.23 Å². The van der Waals surface area contributed by atoms with Gasteiger partial charge in [-0.25, -0.2) is 9.18 Å². The van der Waals surface area contributed by atoms with E-state index in [1.807, 2.05) is 4.98 Å². The summed E-state index contributed by atoms with van der Waals surface area (Å²) in [5.74, 6) is 0. The van der Waals surface area contributed by atoms with E-state index in [-0.39, 0.29) is 3.57 Å². The maximum absolute atomic E-state index is 13.8. The van der Waals surface area contributed by atoms with Crippen molar-refractivity contribution >= 4 is 22.6 Å². The minimum atomic E-state index is -1.86. The van der Waals surface area contributed by atoms with Crippen LogP contribution in [0.25, 0.3) is 0 Å². The molecule has 0 aromatic carbocycles. The maximum atomic E-state index is 13.8. The Balaban J connectivity index is 2.42. The molecule has 0 saturated carbocycles. The summed E-state index contributed by atoms with van der Waals surface area (Å²) in [5, 5.41) is 18.3. The normalized spacial score (nSPS) is 31.8. The van der Waals surface area contributed by atoms with Gasteiger partial charge >= 0.3 is 5.69 Å². The van der Waals surface area contributed by atoms with Crippen LogP contribution in [0.3, 0.4) is 0 Å². The predicted octanol–water partition coefficient (Wildman–Crippen LogP) is -1.27. The highest BCUT2D eigenvalue weighted by molar-refractivity contribution is 14.1. The van der Waals surface area contributed by atoms with E-state index in [2.05, 4.69) is 0 Å². The maximum Gasteiger partial charge on any atom is 0.330 e. The molecule has 0 radical (unpaired) electrons. The number of aromatic amines is 1. The summed E-state index contributed by atoms with van der Waals surface area (Å²) in [4.78, 5) is 24.7. The molecular formula is C9H10FIN2O5. The molecule has 1 aliphatic rings. The lowest BCUT2D eigenvalue weighted by atomic mass is 10.1. The van der Waals surface area contributed by atoms with E-state index in [0.717, 1.165) is 10.8 Å². The Morgan fingerprint density at radius 3 is 2.78 bits per heavy atom. The van der Waals surface area contributed by atoms with Gasteiger partial charge < -0.3 is 14.9 Å². The summed E-state index contributed by atoms with van der Waals surface area (Å²) in [6.45, 7) is -0.562. The fraction of sp³-hybridized carbons (Fsp3) is 0.556. The molecule has 1 aromatic rings. The Bertz CT molecular complexity index is 559. The highest BCUT2D eigenvalue weighted by Crippen LogP contribution is 2.30. The quantitative estimate of drug-likeness (QED) is 0.562.